The van der Waals surface area contributed by atoms with Crippen LogP contribution in [0.4, 0.5) is 16.3 Å². The molecule has 2 aromatic rings. The molecule has 0 fully saturated rings. The standard InChI is InChI=1S/C17H22BrN5O3/c1-17(2,3)26-16(25)22-5-6-23-12(10-22)8-14(20-23)19-13-7-11(18)9-21(4)15(13)24/h7-9H,5-6,10H2,1-4H3,(H,19,20). The van der Waals surface area contributed by atoms with E-state index >= 15 is 0 Å². The molecule has 1 N–H and O–H groups in total. The summed E-state index contributed by atoms with van der Waals surface area (Å²) in [5, 5.41) is 7.54. The van der Waals surface area contributed by atoms with Crippen LogP contribution in [0.5, 0.6) is 0 Å². The molecule has 1 aliphatic rings. The summed E-state index contributed by atoms with van der Waals surface area (Å²) in [7, 11) is 1.69. The number of rotatable bonds is 2. The van der Waals surface area contributed by atoms with E-state index in [0.717, 1.165) is 10.2 Å². The van der Waals surface area contributed by atoms with Crippen molar-refractivity contribution >= 4 is 33.5 Å². The van der Waals surface area contributed by atoms with E-state index in [0.29, 0.717) is 31.1 Å². The predicted molar refractivity (Wildman–Crippen MR) is 102 cm³/mol. The van der Waals surface area contributed by atoms with E-state index in [9.17, 15) is 9.59 Å². The lowest BCUT2D eigenvalue weighted by molar-refractivity contribution is 0.0194. The predicted octanol–water partition coefficient (Wildman–Crippen LogP) is 2.84. The third-order valence-electron chi connectivity index (χ3n) is 3.86. The number of hydrogen-bond donors (Lipinski definition) is 1. The molecule has 1 aliphatic heterocycles. The average Bonchev–Trinajstić information content (AvgIpc) is 2.91. The highest BCUT2D eigenvalue weighted by Gasteiger charge is 2.26. The highest BCUT2D eigenvalue weighted by molar-refractivity contribution is 9.10. The van der Waals surface area contributed by atoms with Crippen LogP contribution in [0.1, 0.15) is 26.5 Å². The molecule has 0 radical (unpaired) electrons. The number of amides is 1. The van der Waals surface area contributed by atoms with Crippen molar-refractivity contribution in [2.24, 2.45) is 7.05 Å². The number of pyridine rings is 1. The Kier molecular flexibility index (Phi) is 4.83. The summed E-state index contributed by atoms with van der Waals surface area (Å²) >= 11 is 3.38. The SMILES string of the molecule is Cn1cc(Br)cc(Nc2cc3n(n2)CCN(C(=O)OC(C)(C)C)C3)c1=O. The van der Waals surface area contributed by atoms with Crippen LogP contribution < -0.4 is 10.9 Å². The summed E-state index contributed by atoms with van der Waals surface area (Å²) in [4.78, 5) is 26.1. The van der Waals surface area contributed by atoms with Gasteiger partial charge in [-0.2, -0.15) is 5.10 Å². The molecule has 0 saturated carbocycles. The molecule has 0 aromatic carbocycles. The van der Waals surface area contributed by atoms with Gasteiger partial charge in [0.05, 0.1) is 18.8 Å². The van der Waals surface area contributed by atoms with Crippen molar-refractivity contribution in [3.63, 3.8) is 0 Å². The van der Waals surface area contributed by atoms with Crippen molar-refractivity contribution in [2.75, 3.05) is 11.9 Å². The zero-order valence-electron chi connectivity index (χ0n) is 15.2. The first kappa shape index (κ1) is 18.5. The average molecular weight is 424 g/mol. The van der Waals surface area contributed by atoms with Gasteiger partial charge >= 0.3 is 6.09 Å². The van der Waals surface area contributed by atoms with Gasteiger partial charge in [-0.3, -0.25) is 9.48 Å². The van der Waals surface area contributed by atoms with E-state index in [4.69, 9.17) is 4.74 Å². The van der Waals surface area contributed by atoms with Gasteiger partial charge in [0.15, 0.2) is 5.82 Å². The molecule has 0 spiro atoms. The second kappa shape index (κ2) is 6.79. The lowest BCUT2D eigenvalue weighted by Gasteiger charge is -2.30. The molecule has 0 aliphatic carbocycles. The minimum Gasteiger partial charge on any atom is -0.444 e. The van der Waals surface area contributed by atoms with Crippen LogP contribution in [-0.2, 0) is 24.9 Å². The molecule has 0 atom stereocenters. The number of hydrogen-bond acceptors (Lipinski definition) is 5. The molecule has 0 saturated heterocycles. The molecular formula is C17H22BrN5O3. The summed E-state index contributed by atoms with van der Waals surface area (Å²) in [5.74, 6) is 0.571. The fraction of sp³-hybridized carbons (Fsp3) is 0.471. The van der Waals surface area contributed by atoms with Gasteiger partial charge in [-0.15, -0.1) is 0 Å². The Morgan fingerprint density at radius 3 is 2.73 bits per heavy atom. The molecular weight excluding hydrogens is 402 g/mol. The fourth-order valence-electron chi connectivity index (χ4n) is 2.71. The minimum atomic E-state index is -0.526. The summed E-state index contributed by atoms with van der Waals surface area (Å²) in [6.45, 7) is 7.06. The maximum atomic E-state index is 12.3. The van der Waals surface area contributed by atoms with E-state index < -0.39 is 5.60 Å². The number of aryl methyl sites for hydroxylation is 1. The quantitative estimate of drug-likeness (QED) is 0.802. The second-order valence-electron chi connectivity index (χ2n) is 7.26. The zero-order valence-corrected chi connectivity index (χ0v) is 16.8. The number of carbonyl (C=O) groups excluding carboxylic acids is 1. The van der Waals surface area contributed by atoms with Gasteiger partial charge in [-0.25, -0.2) is 4.79 Å². The fourth-order valence-corrected chi connectivity index (χ4v) is 3.24. The van der Waals surface area contributed by atoms with Gasteiger partial charge in [0, 0.05) is 30.3 Å². The van der Waals surface area contributed by atoms with Crippen LogP contribution in [0.15, 0.2) is 27.6 Å². The van der Waals surface area contributed by atoms with Gasteiger partial charge in [0.2, 0.25) is 0 Å². The molecule has 26 heavy (non-hydrogen) atoms. The molecule has 3 heterocycles. The van der Waals surface area contributed by atoms with Crippen molar-refractivity contribution in [1.82, 2.24) is 19.2 Å². The number of nitrogens with one attached hydrogen (secondary N) is 1. The van der Waals surface area contributed by atoms with Gasteiger partial charge < -0.3 is 19.5 Å². The van der Waals surface area contributed by atoms with Crippen molar-refractivity contribution in [2.45, 2.75) is 39.5 Å². The molecule has 1 amide bonds. The third-order valence-corrected chi connectivity index (χ3v) is 4.30. The Balaban J connectivity index is 1.76. The Bertz CT molecular complexity index is 897. The van der Waals surface area contributed by atoms with Gasteiger partial charge in [-0.05, 0) is 42.8 Å². The molecule has 8 nitrogen and oxygen atoms in total. The highest BCUT2D eigenvalue weighted by Crippen LogP contribution is 2.21. The number of aromatic nitrogens is 3. The van der Waals surface area contributed by atoms with Gasteiger partial charge in [0.25, 0.3) is 5.56 Å². The third kappa shape index (κ3) is 4.09. The highest BCUT2D eigenvalue weighted by atomic mass is 79.9. The maximum Gasteiger partial charge on any atom is 0.410 e. The van der Waals surface area contributed by atoms with Crippen LogP contribution in [0, 0.1) is 0 Å². The van der Waals surface area contributed by atoms with Crippen LogP contribution in [0.3, 0.4) is 0 Å². The number of carbonyl (C=O) groups is 1. The van der Waals surface area contributed by atoms with Gasteiger partial charge in [0.1, 0.15) is 11.3 Å². The van der Waals surface area contributed by atoms with Gasteiger partial charge in [-0.1, -0.05) is 0 Å². The first-order valence-corrected chi connectivity index (χ1v) is 9.09. The summed E-state index contributed by atoms with van der Waals surface area (Å²) in [6, 6.07) is 3.56. The minimum absolute atomic E-state index is 0.144. The van der Waals surface area contributed by atoms with Crippen molar-refractivity contribution in [1.29, 1.82) is 0 Å². The molecule has 2 aromatic heterocycles. The molecule has 3 rings (SSSR count). The van der Waals surface area contributed by atoms with Crippen LogP contribution >= 0.6 is 15.9 Å². The molecule has 0 unspecified atom stereocenters. The van der Waals surface area contributed by atoms with Crippen molar-refractivity contribution < 1.29 is 9.53 Å². The maximum absolute atomic E-state index is 12.3. The number of fused-ring (bicyclic) bond motifs is 1. The Morgan fingerprint density at radius 2 is 2.04 bits per heavy atom. The van der Waals surface area contributed by atoms with E-state index in [1.54, 1.807) is 24.2 Å². The number of anilines is 2. The molecule has 140 valence electrons. The van der Waals surface area contributed by atoms with Crippen molar-refractivity contribution in [3.05, 3.63) is 38.9 Å². The lowest BCUT2D eigenvalue weighted by Crippen LogP contribution is -2.41. The van der Waals surface area contributed by atoms with Crippen LogP contribution in [0.2, 0.25) is 0 Å². The van der Waals surface area contributed by atoms with E-state index in [1.165, 1.54) is 4.57 Å². The number of nitrogens with zero attached hydrogens (tertiary/aromatic N) is 4. The topological polar surface area (TPSA) is 81.4 Å². The number of halogens is 1. The van der Waals surface area contributed by atoms with Crippen LogP contribution in [-0.4, -0.2) is 37.5 Å². The smallest absolute Gasteiger partial charge is 0.410 e. The second-order valence-corrected chi connectivity index (χ2v) is 8.17. The Labute approximate surface area is 159 Å². The van der Waals surface area contributed by atoms with E-state index in [1.807, 2.05) is 31.5 Å². The lowest BCUT2D eigenvalue weighted by atomic mass is 10.2. The summed E-state index contributed by atoms with van der Waals surface area (Å²) in [5.41, 5.74) is 0.648. The van der Waals surface area contributed by atoms with E-state index in [-0.39, 0.29) is 11.7 Å². The Morgan fingerprint density at radius 1 is 1.31 bits per heavy atom. The summed E-state index contributed by atoms with van der Waals surface area (Å²) < 4.78 is 9.55. The van der Waals surface area contributed by atoms with Crippen molar-refractivity contribution in [3.8, 4) is 0 Å². The monoisotopic (exact) mass is 423 g/mol. The molecule has 9 heteroatoms. The van der Waals surface area contributed by atoms with Crippen LogP contribution in [0.25, 0.3) is 0 Å². The largest absolute Gasteiger partial charge is 0.444 e. The first-order valence-electron chi connectivity index (χ1n) is 8.30. The first-order chi connectivity index (χ1) is 12.1. The normalized spacial score (nSPS) is 14.1. The Hall–Kier alpha value is -2.29. The molecule has 0 bridgehead atoms. The number of ether oxygens (including phenoxy) is 1. The summed E-state index contributed by atoms with van der Waals surface area (Å²) in [6.07, 6.45) is 1.37. The zero-order chi connectivity index (χ0) is 19.1. The van der Waals surface area contributed by atoms with E-state index in [2.05, 4.69) is 26.3 Å².